The maximum atomic E-state index is 12.3. The summed E-state index contributed by atoms with van der Waals surface area (Å²) in [6, 6.07) is 12.0. The summed E-state index contributed by atoms with van der Waals surface area (Å²) in [6.07, 6.45) is 0. The van der Waals surface area contributed by atoms with E-state index < -0.39 is 0 Å². The zero-order valence-electron chi connectivity index (χ0n) is 11.9. The van der Waals surface area contributed by atoms with Crippen molar-refractivity contribution in [3.63, 3.8) is 0 Å². The Bertz CT molecular complexity index is 743. The van der Waals surface area contributed by atoms with Crippen molar-refractivity contribution in [1.82, 2.24) is 0 Å². The van der Waals surface area contributed by atoms with Crippen LogP contribution in [-0.2, 0) is 4.79 Å². The summed E-state index contributed by atoms with van der Waals surface area (Å²) < 4.78 is 10.4. The Morgan fingerprint density at radius 2 is 2.14 bits per heavy atom. The molecule has 6 heteroatoms. The highest BCUT2D eigenvalue weighted by Crippen LogP contribution is 2.29. The van der Waals surface area contributed by atoms with Crippen LogP contribution in [0.15, 0.2) is 42.5 Å². The van der Waals surface area contributed by atoms with Crippen LogP contribution >= 0.6 is 0 Å². The molecule has 3 rings (SSSR count). The van der Waals surface area contributed by atoms with E-state index in [0.717, 1.165) is 0 Å². The number of hydrogen-bond acceptors (Lipinski definition) is 4. The van der Waals surface area contributed by atoms with Crippen LogP contribution in [0.1, 0.15) is 10.4 Å². The standard InChI is InChI=1S/C16H14N2O4/c1-21-12-4-2-3-11(8-12)17-16(20)10-5-6-13-14(7-10)22-9-15(19)18-13/h2-8H,9H2,1H3,(H,17,20)(H,18,19). The molecule has 0 aliphatic carbocycles. The first kappa shape index (κ1) is 13.9. The first-order valence-electron chi connectivity index (χ1n) is 6.68. The number of rotatable bonds is 3. The van der Waals surface area contributed by atoms with Crippen molar-refractivity contribution in [2.45, 2.75) is 0 Å². The third kappa shape index (κ3) is 2.85. The molecule has 112 valence electrons. The van der Waals surface area contributed by atoms with Gasteiger partial charge in [-0.25, -0.2) is 0 Å². The molecule has 0 fully saturated rings. The number of methoxy groups -OCH3 is 1. The van der Waals surface area contributed by atoms with E-state index >= 15 is 0 Å². The molecule has 0 radical (unpaired) electrons. The number of fused-ring (bicyclic) bond motifs is 1. The lowest BCUT2D eigenvalue weighted by Gasteiger charge is -2.18. The molecule has 1 heterocycles. The highest BCUT2D eigenvalue weighted by molar-refractivity contribution is 6.05. The number of anilines is 2. The predicted molar refractivity (Wildman–Crippen MR) is 81.5 cm³/mol. The molecule has 2 aromatic rings. The van der Waals surface area contributed by atoms with Gasteiger partial charge >= 0.3 is 0 Å². The SMILES string of the molecule is COc1cccc(NC(=O)c2ccc3c(c2)OCC(=O)N3)c1. The summed E-state index contributed by atoms with van der Waals surface area (Å²) in [5.74, 6) is 0.671. The van der Waals surface area contributed by atoms with Crippen LogP contribution in [-0.4, -0.2) is 25.5 Å². The summed E-state index contributed by atoms with van der Waals surface area (Å²) in [4.78, 5) is 23.5. The predicted octanol–water partition coefficient (Wildman–Crippen LogP) is 2.28. The molecular formula is C16H14N2O4. The first-order chi connectivity index (χ1) is 10.7. The smallest absolute Gasteiger partial charge is 0.262 e. The first-order valence-corrected chi connectivity index (χ1v) is 6.68. The molecule has 1 aliphatic rings. The second-order valence-electron chi connectivity index (χ2n) is 4.73. The molecule has 2 aromatic carbocycles. The second-order valence-corrected chi connectivity index (χ2v) is 4.73. The van der Waals surface area contributed by atoms with Crippen LogP contribution in [0, 0.1) is 0 Å². The van der Waals surface area contributed by atoms with Crippen molar-refractivity contribution in [1.29, 1.82) is 0 Å². The van der Waals surface area contributed by atoms with Crippen molar-refractivity contribution in [2.24, 2.45) is 0 Å². The van der Waals surface area contributed by atoms with Gasteiger partial charge in [0.2, 0.25) is 0 Å². The fourth-order valence-corrected chi connectivity index (χ4v) is 2.12. The minimum atomic E-state index is -0.267. The molecule has 0 bridgehead atoms. The number of ether oxygens (including phenoxy) is 2. The highest BCUT2D eigenvalue weighted by Gasteiger charge is 2.17. The van der Waals surface area contributed by atoms with Gasteiger partial charge in [0.1, 0.15) is 11.5 Å². The van der Waals surface area contributed by atoms with Gasteiger partial charge in [-0.2, -0.15) is 0 Å². The van der Waals surface area contributed by atoms with Crippen LogP contribution in [0.2, 0.25) is 0 Å². The van der Waals surface area contributed by atoms with Gasteiger partial charge in [-0.3, -0.25) is 9.59 Å². The minimum Gasteiger partial charge on any atom is -0.497 e. The normalized spacial score (nSPS) is 12.7. The van der Waals surface area contributed by atoms with Gasteiger partial charge in [0.15, 0.2) is 6.61 Å². The van der Waals surface area contributed by atoms with E-state index in [4.69, 9.17) is 9.47 Å². The Balaban J connectivity index is 1.79. The molecule has 6 nitrogen and oxygen atoms in total. The lowest BCUT2D eigenvalue weighted by molar-refractivity contribution is -0.118. The molecule has 0 unspecified atom stereocenters. The Labute approximate surface area is 127 Å². The van der Waals surface area contributed by atoms with Crippen LogP contribution < -0.4 is 20.1 Å². The summed E-state index contributed by atoms with van der Waals surface area (Å²) in [7, 11) is 1.57. The molecule has 2 N–H and O–H groups in total. The maximum absolute atomic E-state index is 12.3. The quantitative estimate of drug-likeness (QED) is 0.911. The summed E-state index contributed by atoms with van der Waals surface area (Å²) >= 11 is 0. The highest BCUT2D eigenvalue weighted by atomic mass is 16.5. The number of nitrogens with one attached hydrogen (secondary N) is 2. The van der Waals surface area contributed by atoms with Crippen molar-refractivity contribution in [3.05, 3.63) is 48.0 Å². The molecule has 2 amide bonds. The van der Waals surface area contributed by atoms with Crippen LogP contribution in [0.4, 0.5) is 11.4 Å². The number of carbonyl (C=O) groups excluding carboxylic acids is 2. The second kappa shape index (κ2) is 5.77. The van der Waals surface area contributed by atoms with Crippen molar-refractivity contribution in [2.75, 3.05) is 24.4 Å². The molecule has 0 aromatic heterocycles. The van der Waals surface area contributed by atoms with Crippen molar-refractivity contribution >= 4 is 23.2 Å². The topological polar surface area (TPSA) is 76.7 Å². The zero-order chi connectivity index (χ0) is 15.5. The minimum absolute atomic E-state index is 0.0477. The van der Waals surface area contributed by atoms with Gasteiger partial charge in [0.05, 0.1) is 12.8 Å². The van der Waals surface area contributed by atoms with E-state index in [0.29, 0.717) is 28.4 Å². The van der Waals surface area contributed by atoms with Gasteiger partial charge < -0.3 is 20.1 Å². The Morgan fingerprint density at radius 1 is 1.27 bits per heavy atom. The molecule has 1 aliphatic heterocycles. The lowest BCUT2D eigenvalue weighted by atomic mass is 10.1. The van der Waals surface area contributed by atoms with E-state index in [9.17, 15) is 9.59 Å². The summed E-state index contributed by atoms with van der Waals surface area (Å²) in [5, 5.41) is 5.47. The van der Waals surface area contributed by atoms with Gasteiger partial charge in [0.25, 0.3) is 11.8 Å². The Kier molecular flexibility index (Phi) is 3.65. The van der Waals surface area contributed by atoms with E-state index in [1.807, 2.05) is 0 Å². The fourth-order valence-electron chi connectivity index (χ4n) is 2.12. The van der Waals surface area contributed by atoms with Crippen molar-refractivity contribution in [3.8, 4) is 11.5 Å². The Morgan fingerprint density at radius 3 is 2.95 bits per heavy atom. The average Bonchev–Trinajstić information content (AvgIpc) is 2.54. The largest absolute Gasteiger partial charge is 0.497 e. The third-order valence-electron chi connectivity index (χ3n) is 3.20. The average molecular weight is 298 g/mol. The number of carbonyl (C=O) groups is 2. The van der Waals surface area contributed by atoms with Crippen molar-refractivity contribution < 1.29 is 19.1 Å². The third-order valence-corrected chi connectivity index (χ3v) is 3.20. The monoisotopic (exact) mass is 298 g/mol. The fraction of sp³-hybridized carbons (Fsp3) is 0.125. The summed E-state index contributed by atoms with van der Waals surface area (Å²) in [5.41, 5.74) is 1.64. The van der Waals surface area contributed by atoms with Crippen LogP contribution in [0.3, 0.4) is 0 Å². The molecule has 0 atom stereocenters. The van der Waals surface area contributed by atoms with Gasteiger partial charge in [-0.05, 0) is 30.3 Å². The number of hydrogen-bond donors (Lipinski definition) is 2. The van der Waals surface area contributed by atoms with Gasteiger partial charge in [-0.15, -0.1) is 0 Å². The summed E-state index contributed by atoms with van der Waals surface area (Å²) in [6.45, 7) is -0.0477. The number of benzene rings is 2. The van der Waals surface area contributed by atoms with E-state index in [2.05, 4.69) is 10.6 Å². The molecule has 0 saturated heterocycles. The maximum Gasteiger partial charge on any atom is 0.262 e. The zero-order valence-corrected chi connectivity index (χ0v) is 11.9. The van der Waals surface area contributed by atoms with Gasteiger partial charge in [0, 0.05) is 17.3 Å². The molecule has 0 spiro atoms. The molecule has 22 heavy (non-hydrogen) atoms. The van der Waals surface area contributed by atoms with E-state index in [1.54, 1.807) is 49.6 Å². The lowest BCUT2D eigenvalue weighted by Crippen LogP contribution is -2.25. The van der Waals surface area contributed by atoms with E-state index in [-0.39, 0.29) is 18.4 Å². The van der Waals surface area contributed by atoms with Crippen LogP contribution in [0.5, 0.6) is 11.5 Å². The van der Waals surface area contributed by atoms with E-state index in [1.165, 1.54) is 0 Å². The Hall–Kier alpha value is -3.02. The molecular weight excluding hydrogens is 284 g/mol. The number of amides is 2. The molecule has 0 saturated carbocycles. The van der Waals surface area contributed by atoms with Crippen LogP contribution in [0.25, 0.3) is 0 Å². The van der Waals surface area contributed by atoms with Gasteiger partial charge in [-0.1, -0.05) is 6.07 Å².